The van der Waals surface area contributed by atoms with Crippen molar-refractivity contribution in [1.29, 1.82) is 0 Å². The maximum Gasteiger partial charge on any atom is 0.224 e. The van der Waals surface area contributed by atoms with Gasteiger partial charge in [0.15, 0.2) is 6.29 Å². The average molecular weight is 503 g/mol. The summed E-state index contributed by atoms with van der Waals surface area (Å²) in [5.41, 5.74) is 0. The number of hydrogen-bond donors (Lipinski definition) is 4. The van der Waals surface area contributed by atoms with E-state index in [1.54, 1.807) is 0 Å². The van der Waals surface area contributed by atoms with Crippen LogP contribution >= 0.6 is 0 Å². The molecule has 35 heavy (non-hydrogen) atoms. The molecular weight excluding hydrogens is 464 g/mol. The Morgan fingerprint density at radius 3 is 1.74 bits per heavy atom. The zero-order valence-corrected chi connectivity index (χ0v) is 19.9. The van der Waals surface area contributed by atoms with Gasteiger partial charge in [0.1, 0.15) is 49.3 Å². The molecule has 2 aliphatic rings. The fourth-order valence-corrected chi connectivity index (χ4v) is 4.06. The molecule has 2 aliphatic heterocycles. The average Bonchev–Trinajstić information content (AvgIpc) is 3.17. The van der Waals surface area contributed by atoms with Crippen molar-refractivity contribution < 1.29 is 53.6 Å². The van der Waals surface area contributed by atoms with E-state index in [9.17, 15) is 20.4 Å². The van der Waals surface area contributed by atoms with Crippen molar-refractivity contribution in [3.63, 3.8) is 0 Å². The van der Waals surface area contributed by atoms with Crippen molar-refractivity contribution in [2.75, 3.05) is 46.2 Å². The highest BCUT2D eigenvalue weighted by Crippen LogP contribution is 2.40. The fourth-order valence-electron chi connectivity index (χ4n) is 4.06. The lowest BCUT2D eigenvalue weighted by atomic mass is 9.98. The molecule has 0 spiro atoms. The lowest BCUT2D eigenvalue weighted by molar-refractivity contribution is -0.390. The van der Waals surface area contributed by atoms with E-state index < -0.39 is 74.6 Å². The van der Waals surface area contributed by atoms with E-state index in [2.05, 4.69) is 26.3 Å². The Balaban J connectivity index is 2.43. The minimum Gasteiger partial charge on any atom is -0.394 e. The lowest BCUT2D eigenvalue weighted by Gasteiger charge is -2.46. The van der Waals surface area contributed by atoms with Crippen LogP contribution in [0.4, 0.5) is 0 Å². The van der Waals surface area contributed by atoms with Gasteiger partial charge in [0.2, 0.25) is 5.79 Å². The highest BCUT2D eigenvalue weighted by atomic mass is 16.8. The highest BCUT2D eigenvalue weighted by molar-refractivity contribution is 5.01. The second-order valence-electron chi connectivity index (χ2n) is 7.95. The standard InChI is InChI=1S/C24H38O11/c1-5-9-29-19-17(14-26)34-24(15-27,22(19)32-12-8-4)35-23-21(31-11-7-3)20(30-10-6-2)18(28)16(13-25)33-23/h5-8,16-23,25-28H,1-4,9-15H2/t16-,17-,18-,19-,20+,21-,22+,23-,24+/m1/s1. The normalized spacial score (nSPS) is 37.1. The Labute approximate surface area is 205 Å². The van der Waals surface area contributed by atoms with Crippen LogP contribution in [-0.2, 0) is 33.2 Å². The Bertz CT molecular complexity index is 674. The van der Waals surface area contributed by atoms with Crippen molar-refractivity contribution in [3.05, 3.63) is 50.6 Å². The summed E-state index contributed by atoms with van der Waals surface area (Å²) in [6.07, 6.45) is -2.43. The minimum atomic E-state index is -1.87. The molecule has 0 bridgehead atoms. The first-order valence-corrected chi connectivity index (χ1v) is 11.4. The van der Waals surface area contributed by atoms with Crippen LogP contribution in [0.3, 0.4) is 0 Å². The molecule has 2 heterocycles. The molecule has 11 heteroatoms. The first-order valence-electron chi connectivity index (χ1n) is 11.4. The molecule has 0 unspecified atom stereocenters. The summed E-state index contributed by atoms with van der Waals surface area (Å²) < 4.78 is 41.2. The zero-order chi connectivity index (χ0) is 25.8. The van der Waals surface area contributed by atoms with Crippen molar-refractivity contribution in [2.24, 2.45) is 0 Å². The molecule has 0 amide bonds. The van der Waals surface area contributed by atoms with Gasteiger partial charge in [-0.25, -0.2) is 0 Å². The van der Waals surface area contributed by atoms with Crippen LogP contribution < -0.4 is 0 Å². The Morgan fingerprint density at radius 1 is 0.714 bits per heavy atom. The third-order valence-corrected chi connectivity index (χ3v) is 5.58. The molecule has 9 atom stereocenters. The van der Waals surface area contributed by atoms with Gasteiger partial charge >= 0.3 is 0 Å². The molecule has 0 radical (unpaired) electrons. The number of hydrogen-bond acceptors (Lipinski definition) is 11. The number of ether oxygens (including phenoxy) is 7. The van der Waals surface area contributed by atoms with Crippen LogP contribution in [0, 0.1) is 0 Å². The first-order chi connectivity index (χ1) is 17.0. The van der Waals surface area contributed by atoms with Gasteiger partial charge in [-0.15, -0.1) is 26.3 Å². The molecule has 2 rings (SSSR count). The van der Waals surface area contributed by atoms with Gasteiger partial charge < -0.3 is 53.6 Å². The van der Waals surface area contributed by atoms with Gasteiger partial charge in [-0.05, 0) is 0 Å². The summed E-state index contributed by atoms with van der Waals surface area (Å²) >= 11 is 0. The quantitative estimate of drug-likeness (QED) is 0.190. The maximum atomic E-state index is 10.7. The van der Waals surface area contributed by atoms with Crippen molar-refractivity contribution in [2.45, 2.75) is 54.8 Å². The molecular formula is C24H38O11. The number of aliphatic hydroxyl groups is 4. The van der Waals surface area contributed by atoms with Gasteiger partial charge in [0.05, 0.1) is 39.6 Å². The molecule has 0 aromatic rings. The zero-order valence-electron chi connectivity index (χ0n) is 19.9. The summed E-state index contributed by atoms with van der Waals surface area (Å²) in [5, 5.41) is 40.9. The van der Waals surface area contributed by atoms with Crippen LogP contribution in [0.5, 0.6) is 0 Å². The van der Waals surface area contributed by atoms with E-state index in [1.165, 1.54) is 24.3 Å². The highest BCUT2D eigenvalue weighted by Gasteiger charge is 2.60. The number of rotatable bonds is 17. The van der Waals surface area contributed by atoms with E-state index in [4.69, 9.17) is 33.2 Å². The predicted octanol–water partition coefficient (Wildman–Crippen LogP) is -0.554. The summed E-state index contributed by atoms with van der Waals surface area (Å²) in [6.45, 7) is 13.1. The van der Waals surface area contributed by atoms with E-state index in [0.29, 0.717) is 0 Å². The molecule has 2 saturated heterocycles. The third kappa shape index (κ3) is 7.06. The van der Waals surface area contributed by atoms with Crippen LogP contribution in [0.15, 0.2) is 50.6 Å². The SMILES string of the molecule is C=CCO[C@@H]1[C@@H](CO)O[C@@](CO)(O[C@H]2O[C@H](CO)[C@@H](O)[C@H](OCC=C)[C@H]2OCC=C)[C@H]1OCC=C. The van der Waals surface area contributed by atoms with Crippen molar-refractivity contribution in [3.8, 4) is 0 Å². The second kappa shape index (κ2) is 14.9. The minimum absolute atomic E-state index is 0.0616. The van der Waals surface area contributed by atoms with Gasteiger partial charge in [0.25, 0.3) is 0 Å². The second-order valence-corrected chi connectivity index (χ2v) is 7.95. The fraction of sp³-hybridized carbons (Fsp3) is 0.667. The van der Waals surface area contributed by atoms with Crippen LogP contribution in [0.1, 0.15) is 0 Å². The Hall–Kier alpha value is -1.48. The Kier molecular flexibility index (Phi) is 12.7. The molecule has 11 nitrogen and oxygen atoms in total. The molecule has 2 fully saturated rings. The molecule has 0 saturated carbocycles. The van der Waals surface area contributed by atoms with Gasteiger partial charge in [-0.3, -0.25) is 0 Å². The molecule has 0 aliphatic carbocycles. The Morgan fingerprint density at radius 2 is 1.23 bits per heavy atom. The molecule has 200 valence electrons. The summed E-state index contributed by atoms with van der Waals surface area (Å²) in [5.74, 6) is -1.87. The van der Waals surface area contributed by atoms with Gasteiger partial charge in [-0.2, -0.15) is 0 Å². The molecule has 0 aromatic carbocycles. The molecule has 0 aromatic heterocycles. The third-order valence-electron chi connectivity index (χ3n) is 5.58. The van der Waals surface area contributed by atoms with Gasteiger partial charge in [-0.1, -0.05) is 24.3 Å². The van der Waals surface area contributed by atoms with Gasteiger partial charge in [0, 0.05) is 0 Å². The topological polar surface area (TPSA) is 146 Å². The largest absolute Gasteiger partial charge is 0.394 e. The maximum absolute atomic E-state index is 10.7. The molecule has 4 N–H and O–H groups in total. The van der Waals surface area contributed by atoms with E-state index in [-0.39, 0.29) is 26.4 Å². The van der Waals surface area contributed by atoms with E-state index in [1.807, 2.05) is 0 Å². The van der Waals surface area contributed by atoms with Crippen molar-refractivity contribution in [1.82, 2.24) is 0 Å². The van der Waals surface area contributed by atoms with E-state index in [0.717, 1.165) is 0 Å². The monoisotopic (exact) mass is 502 g/mol. The number of aliphatic hydroxyl groups excluding tert-OH is 4. The van der Waals surface area contributed by atoms with Crippen LogP contribution in [0.25, 0.3) is 0 Å². The summed E-state index contributed by atoms with van der Waals surface area (Å²) in [4.78, 5) is 0. The summed E-state index contributed by atoms with van der Waals surface area (Å²) in [6, 6.07) is 0. The van der Waals surface area contributed by atoms with E-state index >= 15 is 0 Å². The van der Waals surface area contributed by atoms with Crippen LogP contribution in [-0.4, -0.2) is 121 Å². The predicted molar refractivity (Wildman–Crippen MR) is 124 cm³/mol. The lowest BCUT2D eigenvalue weighted by Crippen LogP contribution is -2.64. The van der Waals surface area contributed by atoms with Crippen LogP contribution in [0.2, 0.25) is 0 Å². The first kappa shape index (κ1) is 29.7. The summed E-state index contributed by atoms with van der Waals surface area (Å²) in [7, 11) is 0. The smallest absolute Gasteiger partial charge is 0.224 e. The van der Waals surface area contributed by atoms with Crippen molar-refractivity contribution >= 4 is 0 Å².